The molecule has 8 heteroatoms. The van der Waals surface area contributed by atoms with Gasteiger partial charge < -0.3 is 24.4 Å². The van der Waals surface area contributed by atoms with E-state index in [4.69, 9.17) is 14.2 Å². The zero-order chi connectivity index (χ0) is 25.7. The number of halogens is 1. The van der Waals surface area contributed by atoms with Gasteiger partial charge in [-0.3, -0.25) is 9.59 Å². The molecule has 1 N–H and O–H groups in total. The van der Waals surface area contributed by atoms with Gasteiger partial charge in [-0.05, 0) is 60.9 Å². The van der Waals surface area contributed by atoms with E-state index in [1.54, 1.807) is 47.4 Å². The van der Waals surface area contributed by atoms with E-state index >= 15 is 0 Å². The minimum Gasteiger partial charge on any atom is -0.496 e. The van der Waals surface area contributed by atoms with Crippen molar-refractivity contribution in [1.82, 2.24) is 4.90 Å². The Bertz CT molecular complexity index is 1220. The topological polar surface area (TPSA) is 77.1 Å². The van der Waals surface area contributed by atoms with Crippen molar-refractivity contribution in [2.24, 2.45) is 0 Å². The third-order valence-corrected chi connectivity index (χ3v) is 6.15. The SMILES string of the molecule is CC[C@H]1Oc2ccc(NC(=O)c3c(OC)cccc3OC)cc2CN(CCc2ccc(F)cc2)C1=O. The van der Waals surface area contributed by atoms with Crippen LogP contribution in [-0.4, -0.2) is 43.6 Å². The summed E-state index contributed by atoms with van der Waals surface area (Å²) in [5.41, 5.74) is 2.56. The summed E-state index contributed by atoms with van der Waals surface area (Å²) in [6, 6.07) is 16.7. The van der Waals surface area contributed by atoms with Gasteiger partial charge in [0.2, 0.25) is 0 Å². The summed E-state index contributed by atoms with van der Waals surface area (Å²) < 4.78 is 30.0. The Morgan fingerprint density at radius 2 is 1.78 bits per heavy atom. The van der Waals surface area contributed by atoms with Crippen LogP contribution in [-0.2, 0) is 17.8 Å². The second-order valence-electron chi connectivity index (χ2n) is 8.47. The van der Waals surface area contributed by atoms with Crippen LogP contribution in [0.25, 0.3) is 0 Å². The minimum atomic E-state index is -0.599. The second kappa shape index (κ2) is 11.1. The van der Waals surface area contributed by atoms with Crippen LogP contribution in [0.2, 0.25) is 0 Å². The van der Waals surface area contributed by atoms with E-state index in [2.05, 4.69) is 5.32 Å². The molecule has 3 aromatic rings. The van der Waals surface area contributed by atoms with Crippen molar-refractivity contribution in [3.63, 3.8) is 0 Å². The molecule has 0 saturated heterocycles. The molecule has 4 rings (SSSR count). The second-order valence-corrected chi connectivity index (χ2v) is 8.47. The van der Waals surface area contributed by atoms with Crippen LogP contribution in [0.3, 0.4) is 0 Å². The Hall–Kier alpha value is -4.07. The summed E-state index contributed by atoms with van der Waals surface area (Å²) in [6.45, 7) is 2.69. The third kappa shape index (κ3) is 5.43. The first-order valence-corrected chi connectivity index (χ1v) is 11.8. The van der Waals surface area contributed by atoms with Crippen LogP contribution in [0, 0.1) is 5.82 Å². The number of rotatable bonds is 8. The molecule has 0 unspecified atom stereocenters. The molecule has 1 aliphatic heterocycles. The molecule has 7 nitrogen and oxygen atoms in total. The summed E-state index contributed by atoms with van der Waals surface area (Å²) in [7, 11) is 2.99. The number of anilines is 1. The molecular formula is C28H29FN2O5. The van der Waals surface area contributed by atoms with Crippen molar-refractivity contribution in [3.8, 4) is 17.2 Å². The largest absolute Gasteiger partial charge is 0.496 e. The molecule has 1 atom stereocenters. The average Bonchev–Trinajstić information content (AvgIpc) is 3.03. The van der Waals surface area contributed by atoms with Crippen molar-refractivity contribution in [2.45, 2.75) is 32.4 Å². The lowest BCUT2D eigenvalue weighted by Gasteiger charge is -2.23. The van der Waals surface area contributed by atoms with Gasteiger partial charge in [0.15, 0.2) is 6.10 Å². The molecule has 1 heterocycles. The lowest BCUT2D eigenvalue weighted by atomic mass is 10.1. The smallest absolute Gasteiger partial charge is 0.263 e. The highest BCUT2D eigenvalue weighted by Gasteiger charge is 2.30. The molecule has 1 aliphatic rings. The minimum absolute atomic E-state index is 0.0971. The Morgan fingerprint density at radius 3 is 2.42 bits per heavy atom. The van der Waals surface area contributed by atoms with Gasteiger partial charge in [0.05, 0.1) is 14.2 Å². The summed E-state index contributed by atoms with van der Waals surface area (Å²) in [6.07, 6.45) is 0.511. The molecule has 0 fully saturated rings. The van der Waals surface area contributed by atoms with Crippen LogP contribution in [0.5, 0.6) is 17.2 Å². The Kier molecular flexibility index (Phi) is 7.73. The van der Waals surface area contributed by atoms with E-state index in [1.165, 1.54) is 26.4 Å². The van der Waals surface area contributed by atoms with Crippen LogP contribution in [0.1, 0.15) is 34.8 Å². The summed E-state index contributed by atoms with van der Waals surface area (Å²) in [5.74, 6) is 0.627. The summed E-state index contributed by atoms with van der Waals surface area (Å²) in [4.78, 5) is 28.0. The fourth-order valence-corrected chi connectivity index (χ4v) is 4.22. The van der Waals surface area contributed by atoms with Gasteiger partial charge in [0.1, 0.15) is 28.6 Å². The molecule has 0 saturated carbocycles. The number of hydrogen-bond donors (Lipinski definition) is 1. The standard InChI is InChI=1S/C28H29FN2O5/c1-4-22-28(33)31(15-14-18-8-10-20(29)11-9-18)17-19-16-21(12-13-23(19)36-22)30-27(32)26-24(34-2)6-5-7-25(26)35-3/h5-13,16,22H,4,14-15,17H2,1-3H3,(H,30,32)/t22-/m1/s1. The molecule has 3 aromatic carbocycles. The molecule has 0 spiro atoms. The number of amides is 2. The number of nitrogens with one attached hydrogen (secondary N) is 1. The molecule has 188 valence electrons. The van der Waals surface area contributed by atoms with Crippen molar-refractivity contribution in [3.05, 3.63) is 83.2 Å². The normalized spacial score (nSPS) is 14.9. The third-order valence-electron chi connectivity index (χ3n) is 6.15. The number of ether oxygens (including phenoxy) is 3. The number of fused-ring (bicyclic) bond motifs is 1. The highest BCUT2D eigenvalue weighted by molar-refractivity contribution is 6.08. The molecule has 0 aliphatic carbocycles. The predicted octanol–water partition coefficient (Wildman–Crippen LogP) is 4.84. The molecule has 2 amide bonds. The number of methoxy groups -OCH3 is 2. The van der Waals surface area contributed by atoms with Crippen molar-refractivity contribution in [2.75, 3.05) is 26.1 Å². The highest BCUT2D eigenvalue weighted by Crippen LogP contribution is 2.32. The first kappa shape index (κ1) is 25.0. The zero-order valence-electron chi connectivity index (χ0n) is 20.5. The van der Waals surface area contributed by atoms with Gasteiger partial charge in [-0.1, -0.05) is 25.1 Å². The van der Waals surface area contributed by atoms with Gasteiger partial charge in [-0.25, -0.2) is 4.39 Å². The van der Waals surface area contributed by atoms with Crippen LogP contribution in [0.4, 0.5) is 10.1 Å². The van der Waals surface area contributed by atoms with Crippen molar-refractivity contribution >= 4 is 17.5 Å². The monoisotopic (exact) mass is 492 g/mol. The quantitative estimate of drug-likeness (QED) is 0.487. The maximum Gasteiger partial charge on any atom is 0.263 e. The Balaban J connectivity index is 1.56. The maximum absolute atomic E-state index is 13.3. The molecule has 0 bridgehead atoms. The van der Waals surface area contributed by atoms with Gasteiger partial charge in [-0.2, -0.15) is 0 Å². The summed E-state index contributed by atoms with van der Waals surface area (Å²) in [5, 5.41) is 2.90. The number of hydrogen-bond acceptors (Lipinski definition) is 5. The van der Waals surface area contributed by atoms with E-state index in [1.807, 2.05) is 13.0 Å². The van der Waals surface area contributed by atoms with Gasteiger partial charge in [0, 0.05) is 24.3 Å². The van der Waals surface area contributed by atoms with E-state index in [-0.39, 0.29) is 23.2 Å². The van der Waals surface area contributed by atoms with Crippen molar-refractivity contribution < 1.29 is 28.2 Å². The highest BCUT2D eigenvalue weighted by atomic mass is 19.1. The number of nitrogens with zero attached hydrogens (tertiary/aromatic N) is 1. The first-order chi connectivity index (χ1) is 17.4. The fourth-order valence-electron chi connectivity index (χ4n) is 4.22. The average molecular weight is 493 g/mol. The lowest BCUT2D eigenvalue weighted by Crippen LogP contribution is -2.40. The summed E-state index contributed by atoms with van der Waals surface area (Å²) >= 11 is 0. The van der Waals surface area contributed by atoms with Crippen LogP contribution in [0.15, 0.2) is 60.7 Å². The van der Waals surface area contributed by atoms with Gasteiger partial charge in [-0.15, -0.1) is 0 Å². The Labute approximate surface area is 209 Å². The van der Waals surface area contributed by atoms with Crippen molar-refractivity contribution in [1.29, 1.82) is 0 Å². The maximum atomic E-state index is 13.3. The molecular weight excluding hydrogens is 463 g/mol. The van der Waals surface area contributed by atoms with E-state index < -0.39 is 6.10 Å². The van der Waals surface area contributed by atoms with Gasteiger partial charge >= 0.3 is 0 Å². The van der Waals surface area contributed by atoms with Gasteiger partial charge in [0.25, 0.3) is 11.8 Å². The number of carbonyl (C=O) groups excluding carboxylic acids is 2. The van der Waals surface area contributed by atoms with E-state index in [0.29, 0.717) is 48.9 Å². The van der Waals surface area contributed by atoms with E-state index in [0.717, 1.165) is 11.1 Å². The first-order valence-electron chi connectivity index (χ1n) is 11.8. The Morgan fingerprint density at radius 1 is 1.08 bits per heavy atom. The molecule has 36 heavy (non-hydrogen) atoms. The lowest BCUT2D eigenvalue weighted by molar-refractivity contribution is -0.138. The number of carbonyl (C=O) groups is 2. The predicted molar refractivity (Wildman–Crippen MR) is 134 cm³/mol. The zero-order valence-corrected chi connectivity index (χ0v) is 20.5. The molecule has 0 aromatic heterocycles. The van der Waals surface area contributed by atoms with Crippen LogP contribution < -0.4 is 19.5 Å². The fraction of sp³-hybridized carbons (Fsp3) is 0.286. The van der Waals surface area contributed by atoms with E-state index in [9.17, 15) is 14.0 Å². The van der Waals surface area contributed by atoms with Crippen LogP contribution >= 0.6 is 0 Å². The molecule has 0 radical (unpaired) electrons. The number of benzene rings is 3.